The molecule has 9 N–H and O–H groups in total. The molecule has 15 atom stereocenters. The zero-order valence-corrected chi connectivity index (χ0v) is 28.6. The monoisotopic (exact) mass is 742 g/mol. The van der Waals surface area contributed by atoms with Crippen molar-refractivity contribution in [3.8, 4) is 0 Å². The third-order valence-electron chi connectivity index (χ3n) is 8.70. The molecule has 0 saturated carbocycles. The van der Waals surface area contributed by atoms with Gasteiger partial charge in [-0.15, -0.1) is 0 Å². The summed E-state index contributed by atoms with van der Waals surface area (Å²) in [5, 5.41) is 73.8. The first-order valence-electron chi connectivity index (χ1n) is 16.5. The first-order valence-corrected chi connectivity index (χ1v) is 16.5. The molecule has 0 radical (unpaired) electrons. The van der Waals surface area contributed by atoms with Gasteiger partial charge in [-0.05, 0) is 11.1 Å². The van der Waals surface area contributed by atoms with Crippen LogP contribution in [-0.2, 0) is 49.4 Å². The van der Waals surface area contributed by atoms with E-state index in [1.807, 2.05) is 0 Å². The Hall–Kier alpha value is -3.54. The standard InChI is InChI=1S/C31H46N6O15/c1-13(40)33-20-25(45)23(43)17(9-38)50-30(20)48-12-19-27(52-31-21(34-14(2)41)26(46)24(44)18(10-39)51-31)28(47-11-16-7-5-4-6-8-16)22(35-15(3)42)29(49-19)36-37-32/h4-8,17-31,38-39,43-46H,9-12H2,1-3H3,(H,33,40)(H,34,41)(H,35,42)/t17-,18+,19+,20-,21+,22+,23+,24-,25-,26+,27+,28+,29+,30+,31-/m0/s1. The maximum atomic E-state index is 12.5. The third-order valence-corrected chi connectivity index (χ3v) is 8.70. The molecule has 1 aromatic rings. The van der Waals surface area contributed by atoms with Crippen molar-refractivity contribution in [1.29, 1.82) is 0 Å². The molecule has 1 aromatic carbocycles. The van der Waals surface area contributed by atoms with Crippen molar-refractivity contribution in [1.82, 2.24) is 16.0 Å². The van der Waals surface area contributed by atoms with E-state index in [2.05, 4.69) is 26.0 Å². The molecule has 0 bridgehead atoms. The molecule has 0 aromatic heterocycles. The number of aliphatic hydroxyl groups excluding tert-OH is 6. The number of rotatable bonds is 14. The van der Waals surface area contributed by atoms with E-state index in [1.54, 1.807) is 30.3 Å². The van der Waals surface area contributed by atoms with E-state index in [4.69, 9.17) is 28.4 Å². The fourth-order valence-corrected chi connectivity index (χ4v) is 6.27. The maximum Gasteiger partial charge on any atom is 0.217 e. The van der Waals surface area contributed by atoms with Crippen LogP contribution in [0.5, 0.6) is 0 Å². The summed E-state index contributed by atoms with van der Waals surface area (Å²) in [5.74, 6) is -1.82. The number of carbonyl (C=O) groups is 3. The normalized spacial score (nSPS) is 37.7. The second-order valence-corrected chi connectivity index (χ2v) is 12.6. The Labute approximate surface area is 297 Å². The molecule has 3 fully saturated rings. The topological polar surface area (TPSA) is 313 Å². The summed E-state index contributed by atoms with van der Waals surface area (Å²) in [6.07, 6.45) is -18.0. The average Bonchev–Trinajstić information content (AvgIpc) is 3.10. The van der Waals surface area contributed by atoms with Gasteiger partial charge in [-0.2, -0.15) is 0 Å². The van der Waals surface area contributed by atoms with E-state index in [9.17, 15) is 50.6 Å². The second-order valence-electron chi connectivity index (χ2n) is 12.6. The lowest BCUT2D eigenvalue weighted by molar-refractivity contribution is -0.326. The molecule has 21 nitrogen and oxygen atoms in total. The van der Waals surface area contributed by atoms with Crippen LogP contribution >= 0.6 is 0 Å². The van der Waals surface area contributed by atoms with Gasteiger partial charge in [0.25, 0.3) is 0 Å². The number of benzene rings is 1. The maximum absolute atomic E-state index is 12.5. The highest BCUT2D eigenvalue weighted by atomic mass is 16.7. The number of nitrogens with zero attached hydrogens (tertiary/aromatic N) is 3. The molecule has 3 aliphatic rings. The van der Waals surface area contributed by atoms with Crippen LogP contribution in [0.1, 0.15) is 26.3 Å². The second kappa shape index (κ2) is 19.0. The minimum absolute atomic E-state index is 0.0854. The van der Waals surface area contributed by atoms with Crippen LogP contribution in [0.3, 0.4) is 0 Å². The Balaban J connectivity index is 1.76. The van der Waals surface area contributed by atoms with Crippen molar-refractivity contribution >= 4 is 17.7 Å². The lowest BCUT2D eigenvalue weighted by atomic mass is 9.93. The lowest BCUT2D eigenvalue weighted by Gasteiger charge is -2.49. The molecule has 3 amide bonds. The van der Waals surface area contributed by atoms with Gasteiger partial charge in [-0.25, -0.2) is 0 Å². The molecule has 3 heterocycles. The van der Waals surface area contributed by atoms with Gasteiger partial charge in [-0.1, -0.05) is 35.4 Å². The van der Waals surface area contributed by atoms with Gasteiger partial charge in [0.2, 0.25) is 17.7 Å². The van der Waals surface area contributed by atoms with Crippen molar-refractivity contribution in [2.24, 2.45) is 5.11 Å². The van der Waals surface area contributed by atoms with E-state index in [1.165, 1.54) is 6.92 Å². The smallest absolute Gasteiger partial charge is 0.217 e. The van der Waals surface area contributed by atoms with Gasteiger partial charge in [-0.3, -0.25) is 14.4 Å². The van der Waals surface area contributed by atoms with Gasteiger partial charge in [0.05, 0.1) is 32.5 Å². The number of ether oxygens (including phenoxy) is 6. The first kappa shape index (κ1) is 41.2. The zero-order valence-electron chi connectivity index (χ0n) is 28.6. The Morgan fingerprint density at radius 3 is 1.77 bits per heavy atom. The predicted octanol–water partition coefficient (Wildman–Crippen LogP) is -3.60. The van der Waals surface area contributed by atoms with Crippen LogP contribution in [0.4, 0.5) is 0 Å². The molecule has 0 spiro atoms. The van der Waals surface area contributed by atoms with Crippen molar-refractivity contribution in [3.63, 3.8) is 0 Å². The van der Waals surface area contributed by atoms with Crippen LogP contribution in [0.15, 0.2) is 35.4 Å². The summed E-state index contributed by atoms with van der Waals surface area (Å²) >= 11 is 0. The molecular formula is C31H46N6O15. The van der Waals surface area contributed by atoms with Gasteiger partial charge in [0.15, 0.2) is 18.8 Å². The van der Waals surface area contributed by atoms with E-state index < -0.39 is 129 Å². The summed E-state index contributed by atoms with van der Waals surface area (Å²) in [7, 11) is 0. The first-order chi connectivity index (χ1) is 24.8. The molecule has 0 aliphatic carbocycles. The Kier molecular flexibility index (Phi) is 15.0. The van der Waals surface area contributed by atoms with Crippen molar-refractivity contribution < 1.29 is 73.4 Å². The quantitative estimate of drug-likeness (QED) is 0.0505. The summed E-state index contributed by atoms with van der Waals surface area (Å²) in [6, 6.07) is 4.82. The number of nitrogens with one attached hydrogen (secondary N) is 3. The molecule has 0 unspecified atom stereocenters. The van der Waals surface area contributed by atoms with Crippen LogP contribution < -0.4 is 16.0 Å². The van der Waals surface area contributed by atoms with E-state index in [-0.39, 0.29) is 6.61 Å². The Bertz CT molecular complexity index is 1390. The van der Waals surface area contributed by atoms with Crippen LogP contribution in [0.2, 0.25) is 0 Å². The number of azide groups is 1. The number of aliphatic hydroxyl groups is 6. The zero-order chi connectivity index (χ0) is 38.1. The van der Waals surface area contributed by atoms with Crippen LogP contribution in [0.25, 0.3) is 10.4 Å². The summed E-state index contributed by atoms with van der Waals surface area (Å²) in [4.78, 5) is 39.5. The number of amides is 3. The molecule has 52 heavy (non-hydrogen) atoms. The molecular weight excluding hydrogens is 696 g/mol. The van der Waals surface area contributed by atoms with Crippen molar-refractivity contribution in [3.05, 3.63) is 46.3 Å². The molecule has 290 valence electrons. The van der Waals surface area contributed by atoms with Gasteiger partial charge in [0.1, 0.15) is 67.0 Å². The third kappa shape index (κ3) is 10.1. The van der Waals surface area contributed by atoms with E-state index in [0.717, 1.165) is 13.8 Å². The molecule has 3 aliphatic heterocycles. The van der Waals surface area contributed by atoms with Gasteiger partial charge in [0, 0.05) is 25.7 Å². The Morgan fingerprint density at radius 2 is 1.25 bits per heavy atom. The minimum Gasteiger partial charge on any atom is -0.394 e. The number of carbonyl (C=O) groups excluding carboxylic acids is 3. The lowest BCUT2D eigenvalue weighted by Crippen LogP contribution is -2.69. The highest BCUT2D eigenvalue weighted by Gasteiger charge is 2.53. The molecule has 3 saturated heterocycles. The predicted molar refractivity (Wildman–Crippen MR) is 172 cm³/mol. The van der Waals surface area contributed by atoms with Crippen molar-refractivity contribution in [2.45, 2.75) is 119 Å². The van der Waals surface area contributed by atoms with Gasteiger partial charge >= 0.3 is 0 Å². The highest BCUT2D eigenvalue weighted by molar-refractivity contribution is 5.74. The highest BCUT2D eigenvalue weighted by Crippen LogP contribution is 2.33. The van der Waals surface area contributed by atoms with E-state index in [0.29, 0.717) is 5.56 Å². The minimum atomic E-state index is -1.71. The van der Waals surface area contributed by atoms with Crippen LogP contribution in [0, 0.1) is 0 Å². The van der Waals surface area contributed by atoms with E-state index >= 15 is 0 Å². The SMILES string of the molecule is CC(=O)N[C@@H]1[C@H](OC[C@H]2O[C@@H](N=[N+]=[N-])[C@H](NC(C)=O)[C@@H](OCc3ccccc3)[C@@H]2O[C@@H]2O[C@H](CO)[C@H](O)[C@H](O)[C@H]2NC(C)=O)O[C@@H](CO)[C@@H](O)[C@H]1O. The Morgan fingerprint density at radius 1 is 0.731 bits per heavy atom. The fourth-order valence-electron chi connectivity index (χ4n) is 6.27. The fraction of sp³-hybridized carbons (Fsp3) is 0.710. The largest absolute Gasteiger partial charge is 0.394 e. The van der Waals surface area contributed by atoms with Crippen molar-refractivity contribution in [2.75, 3.05) is 19.8 Å². The molecule has 21 heteroatoms. The average molecular weight is 743 g/mol. The summed E-state index contributed by atoms with van der Waals surface area (Å²) < 4.78 is 36.3. The van der Waals surface area contributed by atoms with Crippen LogP contribution in [-0.4, -0.2) is 160 Å². The number of hydrogen-bond acceptors (Lipinski definition) is 16. The summed E-state index contributed by atoms with van der Waals surface area (Å²) in [6.45, 7) is 1.37. The number of hydrogen-bond donors (Lipinski definition) is 9. The molecule has 4 rings (SSSR count). The van der Waals surface area contributed by atoms with Gasteiger partial charge < -0.3 is 75.0 Å². The summed E-state index contributed by atoms with van der Waals surface area (Å²) in [5.41, 5.74) is 10.1.